The summed E-state index contributed by atoms with van der Waals surface area (Å²) < 4.78 is 5.37. The molecule has 0 bridgehead atoms. The Morgan fingerprint density at radius 2 is 1.79 bits per heavy atom. The Labute approximate surface area is 165 Å². The van der Waals surface area contributed by atoms with E-state index in [0.717, 1.165) is 0 Å². The molecule has 0 unspecified atom stereocenters. The third-order valence-electron chi connectivity index (χ3n) is 4.08. The highest BCUT2D eigenvalue weighted by Crippen LogP contribution is 2.15. The first-order valence-corrected chi connectivity index (χ1v) is 9.26. The average Bonchev–Trinajstić information content (AvgIpc) is 2.64. The zero-order valence-corrected chi connectivity index (χ0v) is 16.6. The molecular formula is C19H29N5O4. The Morgan fingerprint density at radius 3 is 2.39 bits per heavy atom. The maximum absolute atomic E-state index is 12.1. The number of nitrogens with two attached hydrogens (primary N) is 1. The molecule has 2 amide bonds. The van der Waals surface area contributed by atoms with Crippen LogP contribution in [0.1, 0.15) is 31.1 Å². The van der Waals surface area contributed by atoms with E-state index >= 15 is 0 Å². The first-order valence-electron chi connectivity index (χ1n) is 9.26. The molecule has 1 aliphatic rings. The number of ether oxygens (including phenoxy) is 1. The number of hydrogen-bond donors (Lipinski definition) is 3. The topological polar surface area (TPSA) is 120 Å². The maximum Gasteiger partial charge on any atom is 0.410 e. The molecule has 4 N–H and O–H groups in total. The van der Waals surface area contributed by atoms with Gasteiger partial charge in [-0.3, -0.25) is 9.79 Å². The highest BCUT2D eigenvalue weighted by atomic mass is 16.6. The van der Waals surface area contributed by atoms with E-state index in [9.17, 15) is 14.7 Å². The number of nitrogens with zero attached hydrogens (tertiary/aromatic N) is 3. The van der Waals surface area contributed by atoms with Crippen LogP contribution in [0.25, 0.3) is 0 Å². The summed E-state index contributed by atoms with van der Waals surface area (Å²) in [5, 5.41) is 12.4. The fourth-order valence-electron chi connectivity index (χ4n) is 2.65. The van der Waals surface area contributed by atoms with E-state index in [0.29, 0.717) is 45.2 Å². The van der Waals surface area contributed by atoms with Gasteiger partial charge in [0.15, 0.2) is 5.96 Å². The van der Waals surface area contributed by atoms with Gasteiger partial charge in [-0.25, -0.2) is 4.79 Å². The number of nitrogens with one attached hydrogen (secondary N) is 1. The van der Waals surface area contributed by atoms with Gasteiger partial charge in [-0.15, -0.1) is 0 Å². The molecule has 0 aromatic heterocycles. The van der Waals surface area contributed by atoms with Crippen molar-refractivity contribution in [2.24, 2.45) is 10.7 Å². The van der Waals surface area contributed by atoms with Gasteiger partial charge in [0.1, 0.15) is 11.4 Å². The number of para-hydroxylation sites is 1. The third-order valence-corrected chi connectivity index (χ3v) is 4.08. The van der Waals surface area contributed by atoms with Crippen LogP contribution >= 0.6 is 0 Å². The normalized spacial score (nSPS) is 15.3. The van der Waals surface area contributed by atoms with Crippen LogP contribution in [-0.2, 0) is 4.74 Å². The number of carbonyl (C=O) groups is 2. The molecule has 2 rings (SSSR count). The van der Waals surface area contributed by atoms with Crippen molar-refractivity contribution in [1.82, 2.24) is 15.1 Å². The van der Waals surface area contributed by atoms with Gasteiger partial charge in [0.2, 0.25) is 0 Å². The van der Waals surface area contributed by atoms with E-state index in [2.05, 4.69) is 10.3 Å². The molecule has 1 aromatic carbocycles. The Morgan fingerprint density at radius 1 is 1.18 bits per heavy atom. The van der Waals surface area contributed by atoms with E-state index in [4.69, 9.17) is 10.5 Å². The lowest BCUT2D eigenvalue weighted by molar-refractivity contribution is 0.0186. The number of aliphatic imine (C=N–C) groups is 1. The molecule has 0 saturated carbocycles. The number of hydrogen-bond acceptors (Lipinski definition) is 5. The quantitative estimate of drug-likeness (QED) is 0.400. The largest absolute Gasteiger partial charge is 0.507 e. The van der Waals surface area contributed by atoms with Crippen molar-refractivity contribution in [3.63, 3.8) is 0 Å². The molecule has 9 heteroatoms. The zero-order valence-electron chi connectivity index (χ0n) is 16.6. The van der Waals surface area contributed by atoms with Crippen LogP contribution in [0.3, 0.4) is 0 Å². The zero-order chi connectivity index (χ0) is 20.7. The lowest BCUT2D eigenvalue weighted by Crippen LogP contribution is -2.53. The molecular weight excluding hydrogens is 362 g/mol. The molecule has 1 aliphatic heterocycles. The Bertz CT molecular complexity index is 721. The monoisotopic (exact) mass is 391 g/mol. The fraction of sp³-hybridized carbons (Fsp3) is 0.526. The number of phenols is 1. The second-order valence-electron chi connectivity index (χ2n) is 7.47. The van der Waals surface area contributed by atoms with Crippen molar-refractivity contribution >= 4 is 18.0 Å². The second kappa shape index (κ2) is 9.29. The number of aromatic hydroxyl groups is 1. The Kier molecular flexibility index (Phi) is 7.08. The summed E-state index contributed by atoms with van der Waals surface area (Å²) in [7, 11) is 0. The number of phenolic OH excluding ortho intramolecular Hbond substituents is 1. The highest BCUT2D eigenvalue weighted by Gasteiger charge is 2.26. The highest BCUT2D eigenvalue weighted by molar-refractivity contribution is 5.96. The van der Waals surface area contributed by atoms with Gasteiger partial charge in [-0.2, -0.15) is 0 Å². The van der Waals surface area contributed by atoms with Crippen LogP contribution in [0.15, 0.2) is 29.3 Å². The number of amides is 2. The predicted molar refractivity (Wildman–Crippen MR) is 106 cm³/mol. The molecule has 0 aliphatic carbocycles. The van der Waals surface area contributed by atoms with Crippen LogP contribution in [0.2, 0.25) is 0 Å². The standard InChI is InChI=1S/C19H29N5O4/c1-19(2,3)28-18(27)24-12-10-23(11-13-24)17(20)22-9-8-21-16(26)14-6-4-5-7-15(14)25/h4-7,25H,8-13H2,1-3H3,(H2,20,22)(H,21,26). The van der Waals surface area contributed by atoms with Gasteiger partial charge >= 0.3 is 6.09 Å². The van der Waals surface area contributed by atoms with Crippen molar-refractivity contribution in [3.8, 4) is 5.75 Å². The average molecular weight is 391 g/mol. The first-order chi connectivity index (χ1) is 13.2. The van der Waals surface area contributed by atoms with E-state index < -0.39 is 5.60 Å². The Hall–Kier alpha value is -2.97. The molecule has 0 atom stereocenters. The number of benzene rings is 1. The molecule has 1 fully saturated rings. The first kappa shape index (κ1) is 21.3. The van der Waals surface area contributed by atoms with Gasteiger partial charge < -0.3 is 30.7 Å². The maximum atomic E-state index is 12.1. The van der Waals surface area contributed by atoms with Gasteiger partial charge in [0.05, 0.1) is 12.1 Å². The van der Waals surface area contributed by atoms with Crippen LogP contribution in [0.4, 0.5) is 4.79 Å². The van der Waals surface area contributed by atoms with Gasteiger partial charge in [0.25, 0.3) is 5.91 Å². The van der Waals surface area contributed by atoms with Crippen LogP contribution in [-0.4, -0.2) is 77.7 Å². The lowest BCUT2D eigenvalue weighted by Gasteiger charge is -2.36. The SMILES string of the molecule is CC(C)(C)OC(=O)N1CCN(C(N)=NCCNC(=O)c2ccccc2O)CC1. The summed E-state index contributed by atoms with van der Waals surface area (Å²) in [5.41, 5.74) is 5.71. The van der Waals surface area contributed by atoms with Crippen LogP contribution in [0.5, 0.6) is 5.75 Å². The fourth-order valence-corrected chi connectivity index (χ4v) is 2.65. The summed E-state index contributed by atoms with van der Waals surface area (Å²) in [6.07, 6.45) is -0.325. The van der Waals surface area contributed by atoms with Crippen molar-refractivity contribution in [2.75, 3.05) is 39.3 Å². The number of rotatable bonds is 4. The summed E-state index contributed by atoms with van der Waals surface area (Å²) in [5.74, 6) is -0.0515. The molecule has 154 valence electrons. The van der Waals surface area contributed by atoms with E-state index in [1.165, 1.54) is 6.07 Å². The van der Waals surface area contributed by atoms with E-state index in [1.807, 2.05) is 25.7 Å². The molecule has 0 radical (unpaired) electrons. The minimum atomic E-state index is -0.518. The second-order valence-corrected chi connectivity index (χ2v) is 7.47. The molecule has 1 aromatic rings. The van der Waals surface area contributed by atoms with Gasteiger partial charge in [-0.1, -0.05) is 12.1 Å². The summed E-state index contributed by atoms with van der Waals surface area (Å²) in [6.45, 7) is 8.28. The lowest BCUT2D eigenvalue weighted by atomic mass is 10.2. The summed E-state index contributed by atoms with van der Waals surface area (Å²) in [4.78, 5) is 31.9. The molecule has 28 heavy (non-hydrogen) atoms. The smallest absolute Gasteiger partial charge is 0.410 e. The van der Waals surface area contributed by atoms with Crippen molar-refractivity contribution in [1.29, 1.82) is 0 Å². The summed E-state index contributed by atoms with van der Waals surface area (Å²) >= 11 is 0. The minimum absolute atomic E-state index is 0.0640. The van der Waals surface area contributed by atoms with Gasteiger partial charge in [-0.05, 0) is 32.9 Å². The van der Waals surface area contributed by atoms with Gasteiger partial charge in [0, 0.05) is 32.7 Å². The van der Waals surface area contributed by atoms with E-state index in [-0.39, 0.29) is 23.3 Å². The van der Waals surface area contributed by atoms with Crippen molar-refractivity contribution in [3.05, 3.63) is 29.8 Å². The molecule has 1 saturated heterocycles. The number of carbonyl (C=O) groups excluding carboxylic acids is 2. The predicted octanol–water partition coefficient (Wildman–Crippen LogP) is 0.989. The molecule has 1 heterocycles. The summed E-state index contributed by atoms with van der Waals surface area (Å²) in [6, 6.07) is 6.34. The number of piperazine rings is 1. The third kappa shape index (κ3) is 6.33. The van der Waals surface area contributed by atoms with Crippen LogP contribution in [0, 0.1) is 0 Å². The number of guanidine groups is 1. The molecule has 9 nitrogen and oxygen atoms in total. The van der Waals surface area contributed by atoms with Crippen LogP contribution < -0.4 is 11.1 Å². The van der Waals surface area contributed by atoms with Crippen molar-refractivity contribution < 1.29 is 19.4 Å². The van der Waals surface area contributed by atoms with Crippen molar-refractivity contribution in [2.45, 2.75) is 26.4 Å². The molecule has 0 spiro atoms. The Balaban J connectivity index is 1.74. The van der Waals surface area contributed by atoms with E-state index in [1.54, 1.807) is 23.1 Å². The minimum Gasteiger partial charge on any atom is -0.507 e.